The summed E-state index contributed by atoms with van der Waals surface area (Å²) in [7, 11) is 0. The van der Waals surface area contributed by atoms with Crippen LogP contribution in [0.1, 0.15) is 12.2 Å². The highest BCUT2D eigenvalue weighted by atomic mass is 16.6. The Hall–Kier alpha value is -2.37. The number of carbonyl (C=O) groups excluding carboxylic acids is 2. The summed E-state index contributed by atoms with van der Waals surface area (Å²) in [6.45, 7) is 2.18. The molecule has 1 aromatic carbocycles. The van der Waals surface area contributed by atoms with Gasteiger partial charge in [0.2, 0.25) is 6.10 Å². The normalized spacial score (nSPS) is 18.2. The van der Waals surface area contributed by atoms with E-state index < -0.39 is 18.0 Å². The summed E-state index contributed by atoms with van der Waals surface area (Å²) < 4.78 is 11.7. The molecule has 0 spiro atoms. The Morgan fingerprint density at radius 3 is 3.05 bits per heavy atom. The van der Waals surface area contributed by atoms with Crippen LogP contribution in [0.3, 0.4) is 0 Å². The van der Waals surface area contributed by atoms with Crippen molar-refractivity contribution in [3.63, 3.8) is 0 Å². The van der Waals surface area contributed by atoms with Crippen LogP contribution in [-0.4, -0.2) is 34.2 Å². The molecule has 1 fully saturated rings. The number of rotatable bonds is 3. The van der Waals surface area contributed by atoms with Crippen LogP contribution in [0.15, 0.2) is 24.3 Å². The van der Waals surface area contributed by atoms with Crippen LogP contribution in [0, 0.1) is 6.92 Å². The molecule has 1 saturated heterocycles. The molecule has 3 rings (SSSR count). The van der Waals surface area contributed by atoms with Gasteiger partial charge in [-0.3, -0.25) is 4.79 Å². The Kier molecular flexibility index (Phi) is 3.14. The fourth-order valence-corrected chi connectivity index (χ4v) is 2.30. The molecule has 2 heterocycles. The number of para-hydroxylation sites is 2. The first kappa shape index (κ1) is 12.7. The van der Waals surface area contributed by atoms with E-state index in [2.05, 4.69) is 4.98 Å². The third-order valence-corrected chi connectivity index (χ3v) is 3.29. The molecule has 1 aliphatic heterocycles. The zero-order valence-electron chi connectivity index (χ0n) is 11.0. The van der Waals surface area contributed by atoms with Gasteiger partial charge in [0, 0.05) is 6.42 Å². The average molecular weight is 274 g/mol. The summed E-state index contributed by atoms with van der Waals surface area (Å²) in [5, 5.41) is 0. The first-order valence-electron chi connectivity index (χ1n) is 6.43. The molecule has 1 aromatic heterocycles. The highest BCUT2D eigenvalue weighted by Gasteiger charge is 2.30. The van der Waals surface area contributed by atoms with Gasteiger partial charge in [-0.15, -0.1) is 0 Å². The number of hydrogen-bond donors (Lipinski definition) is 0. The predicted octanol–water partition coefficient (Wildman–Crippen LogP) is 1.20. The van der Waals surface area contributed by atoms with Gasteiger partial charge in [0.25, 0.3) is 0 Å². The molecule has 1 unspecified atom stereocenters. The molecule has 0 radical (unpaired) electrons. The quantitative estimate of drug-likeness (QED) is 0.787. The number of fused-ring (bicyclic) bond motifs is 1. The topological polar surface area (TPSA) is 70.4 Å². The van der Waals surface area contributed by atoms with E-state index in [9.17, 15) is 9.59 Å². The van der Waals surface area contributed by atoms with E-state index in [0.717, 1.165) is 16.9 Å². The smallest absolute Gasteiger partial charge is 0.347 e. The van der Waals surface area contributed by atoms with Crippen molar-refractivity contribution in [2.75, 3.05) is 6.61 Å². The molecule has 104 valence electrons. The standard InChI is InChI=1S/C14H14N2O4/c1-9-15-10-4-2-3-5-11(10)16(9)8-13(17)20-12-6-7-19-14(12)18/h2-5,12H,6-8H2,1H3. The van der Waals surface area contributed by atoms with Crippen molar-refractivity contribution < 1.29 is 19.1 Å². The minimum Gasteiger partial charge on any atom is -0.463 e. The third kappa shape index (κ3) is 2.24. The van der Waals surface area contributed by atoms with Gasteiger partial charge in [-0.1, -0.05) is 12.1 Å². The summed E-state index contributed by atoms with van der Waals surface area (Å²) in [6.07, 6.45) is -0.341. The summed E-state index contributed by atoms with van der Waals surface area (Å²) in [5.41, 5.74) is 1.70. The Morgan fingerprint density at radius 1 is 1.50 bits per heavy atom. The van der Waals surface area contributed by atoms with Crippen molar-refractivity contribution >= 4 is 23.0 Å². The first-order chi connectivity index (χ1) is 9.65. The summed E-state index contributed by atoms with van der Waals surface area (Å²) in [4.78, 5) is 27.6. The lowest BCUT2D eigenvalue weighted by Gasteiger charge is -2.10. The van der Waals surface area contributed by atoms with Gasteiger partial charge in [-0.25, -0.2) is 9.78 Å². The van der Waals surface area contributed by atoms with Crippen LogP contribution in [0.5, 0.6) is 0 Å². The maximum absolute atomic E-state index is 11.9. The van der Waals surface area contributed by atoms with Gasteiger partial charge in [0.05, 0.1) is 17.6 Å². The van der Waals surface area contributed by atoms with Gasteiger partial charge < -0.3 is 14.0 Å². The molecule has 1 aliphatic rings. The molecular weight excluding hydrogens is 260 g/mol. The largest absolute Gasteiger partial charge is 0.463 e. The molecule has 6 heteroatoms. The lowest BCUT2D eigenvalue weighted by atomic mass is 10.3. The van der Waals surface area contributed by atoms with Crippen LogP contribution in [-0.2, 0) is 25.6 Å². The minimum atomic E-state index is -0.766. The van der Waals surface area contributed by atoms with E-state index in [1.165, 1.54) is 0 Å². The minimum absolute atomic E-state index is 0.0378. The molecule has 0 bridgehead atoms. The van der Waals surface area contributed by atoms with E-state index in [1.54, 1.807) is 4.57 Å². The maximum atomic E-state index is 11.9. The number of aryl methyl sites for hydroxylation is 1. The van der Waals surface area contributed by atoms with Crippen molar-refractivity contribution in [3.8, 4) is 0 Å². The molecule has 6 nitrogen and oxygen atoms in total. The van der Waals surface area contributed by atoms with Crippen LogP contribution in [0.2, 0.25) is 0 Å². The Labute approximate surface area is 115 Å². The molecule has 0 aliphatic carbocycles. The summed E-state index contributed by atoms with van der Waals surface area (Å²) >= 11 is 0. The molecule has 0 N–H and O–H groups in total. The van der Waals surface area contributed by atoms with Gasteiger partial charge in [0.1, 0.15) is 12.4 Å². The lowest BCUT2D eigenvalue weighted by Crippen LogP contribution is -2.25. The molecule has 1 atom stereocenters. The van der Waals surface area contributed by atoms with Gasteiger partial charge in [0.15, 0.2) is 0 Å². The van der Waals surface area contributed by atoms with Gasteiger partial charge in [-0.2, -0.15) is 0 Å². The van der Waals surface area contributed by atoms with Crippen LogP contribution in [0.25, 0.3) is 11.0 Å². The van der Waals surface area contributed by atoms with Crippen molar-refractivity contribution in [2.45, 2.75) is 26.0 Å². The van der Waals surface area contributed by atoms with E-state index in [4.69, 9.17) is 9.47 Å². The van der Waals surface area contributed by atoms with Crippen molar-refractivity contribution in [1.82, 2.24) is 9.55 Å². The number of ether oxygens (including phenoxy) is 2. The van der Waals surface area contributed by atoms with E-state index in [1.807, 2.05) is 31.2 Å². The lowest BCUT2D eigenvalue weighted by molar-refractivity contribution is -0.160. The van der Waals surface area contributed by atoms with E-state index in [-0.39, 0.29) is 6.54 Å². The van der Waals surface area contributed by atoms with Gasteiger partial charge in [-0.05, 0) is 19.1 Å². The third-order valence-electron chi connectivity index (χ3n) is 3.29. The maximum Gasteiger partial charge on any atom is 0.347 e. The zero-order chi connectivity index (χ0) is 14.1. The number of esters is 2. The molecule has 0 amide bonds. The van der Waals surface area contributed by atoms with Crippen molar-refractivity contribution in [2.24, 2.45) is 0 Å². The monoisotopic (exact) mass is 274 g/mol. The van der Waals surface area contributed by atoms with Crippen molar-refractivity contribution in [1.29, 1.82) is 0 Å². The fourth-order valence-electron chi connectivity index (χ4n) is 2.30. The molecule has 0 saturated carbocycles. The predicted molar refractivity (Wildman–Crippen MR) is 69.9 cm³/mol. The SMILES string of the molecule is Cc1nc2ccccc2n1CC(=O)OC1CCOC1=O. The number of imidazole rings is 1. The second kappa shape index (κ2) is 4.96. The first-order valence-corrected chi connectivity index (χ1v) is 6.43. The number of hydrogen-bond acceptors (Lipinski definition) is 5. The van der Waals surface area contributed by atoms with Crippen LogP contribution in [0.4, 0.5) is 0 Å². The zero-order valence-corrected chi connectivity index (χ0v) is 11.0. The number of cyclic esters (lactones) is 1. The Balaban J connectivity index is 1.77. The summed E-state index contributed by atoms with van der Waals surface area (Å²) in [6, 6.07) is 7.57. The van der Waals surface area contributed by atoms with E-state index in [0.29, 0.717) is 13.0 Å². The second-order valence-corrected chi connectivity index (χ2v) is 4.67. The molecule has 2 aromatic rings. The number of nitrogens with zero attached hydrogens (tertiary/aromatic N) is 2. The van der Waals surface area contributed by atoms with Crippen LogP contribution < -0.4 is 0 Å². The number of benzene rings is 1. The van der Waals surface area contributed by atoms with Gasteiger partial charge >= 0.3 is 11.9 Å². The van der Waals surface area contributed by atoms with Crippen molar-refractivity contribution in [3.05, 3.63) is 30.1 Å². The average Bonchev–Trinajstić information content (AvgIpc) is 2.95. The summed E-state index contributed by atoms with van der Waals surface area (Å²) in [5.74, 6) is -0.192. The number of aromatic nitrogens is 2. The second-order valence-electron chi connectivity index (χ2n) is 4.67. The highest BCUT2D eigenvalue weighted by molar-refractivity contribution is 5.82. The van der Waals surface area contributed by atoms with Crippen LogP contribution >= 0.6 is 0 Å². The molecular formula is C14H14N2O4. The van der Waals surface area contributed by atoms with E-state index >= 15 is 0 Å². The number of carbonyl (C=O) groups is 2. The molecule has 20 heavy (non-hydrogen) atoms. The fraction of sp³-hybridized carbons (Fsp3) is 0.357. The Bertz CT molecular complexity index is 677. The Morgan fingerprint density at radius 2 is 2.30 bits per heavy atom. The highest BCUT2D eigenvalue weighted by Crippen LogP contribution is 2.16.